The summed E-state index contributed by atoms with van der Waals surface area (Å²) in [5.41, 5.74) is 2.89. The van der Waals surface area contributed by atoms with Crippen molar-refractivity contribution < 1.29 is 4.79 Å². The molecule has 0 fully saturated rings. The first-order chi connectivity index (χ1) is 10.7. The maximum Gasteiger partial charge on any atom is 0.275 e. The Balaban J connectivity index is 2.25. The van der Waals surface area contributed by atoms with E-state index in [1.807, 2.05) is 42.6 Å². The number of hydrogen-bond donors (Lipinski definition) is 1. The first-order valence-corrected chi connectivity index (χ1v) is 7.59. The van der Waals surface area contributed by atoms with Crippen molar-refractivity contribution in [2.75, 3.05) is 6.54 Å². The molecule has 1 aromatic carbocycles. The van der Waals surface area contributed by atoms with Gasteiger partial charge in [0.05, 0.1) is 11.0 Å². The van der Waals surface area contributed by atoms with Gasteiger partial charge < -0.3 is 14.3 Å². The van der Waals surface area contributed by atoms with Gasteiger partial charge in [0.25, 0.3) is 11.5 Å². The Hall–Kier alpha value is -2.56. The lowest BCUT2D eigenvalue weighted by molar-refractivity contribution is 0.0954. The Bertz CT molecular complexity index is 905. The van der Waals surface area contributed by atoms with E-state index in [2.05, 4.69) is 5.32 Å². The van der Waals surface area contributed by atoms with Gasteiger partial charge in [0.15, 0.2) is 0 Å². The first-order valence-electron chi connectivity index (χ1n) is 7.59. The van der Waals surface area contributed by atoms with Gasteiger partial charge in [-0.2, -0.15) is 0 Å². The molecule has 2 heterocycles. The van der Waals surface area contributed by atoms with Crippen LogP contribution in [0, 0.1) is 0 Å². The van der Waals surface area contributed by atoms with Gasteiger partial charge in [-0.25, -0.2) is 0 Å². The molecule has 0 radical (unpaired) electrons. The highest BCUT2D eigenvalue weighted by Gasteiger charge is 2.12. The minimum Gasteiger partial charge on any atom is -0.352 e. The van der Waals surface area contributed by atoms with Gasteiger partial charge in [0.1, 0.15) is 5.52 Å². The molecular weight excluding hydrogens is 278 g/mol. The third kappa shape index (κ3) is 2.19. The fraction of sp³-hybridized carbons (Fsp3) is 0.294. The van der Waals surface area contributed by atoms with E-state index in [-0.39, 0.29) is 11.5 Å². The Morgan fingerprint density at radius 2 is 1.95 bits per heavy atom. The number of nitrogens with zero attached hydrogens (tertiary/aromatic N) is 2. The van der Waals surface area contributed by atoms with Crippen LogP contribution in [0.3, 0.4) is 0 Å². The summed E-state index contributed by atoms with van der Waals surface area (Å²) in [7, 11) is 0. The van der Waals surface area contributed by atoms with E-state index >= 15 is 0 Å². The predicted molar refractivity (Wildman–Crippen MR) is 87.5 cm³/mol. The minimum atomic E-state index is -0.105. The number of amides is 1. The molecule has 114 valence electrons. The van der Waals surface area contributed by atoms with Crippen molar-refractivity contribution in [1.29, 1.82) is 0 Å². The highest BCUT2D eigenvalue weighted by molar-refractivity contribution is 5.97. The molecule has 0 atom stereocenters. The number of aromatic nitrogens is 2. The summed E-state index contributed by atoms with van der Waals surface area (Å²) in [5, 5.41) is 2.86. The molecule has 0 unspecified atom stereocenters. The summed E-state index contributed by atoms with van der Waals surface area (Å²) in [5.74, 6) is -0.105. The normalized spacial score (nSPS) is 11.2. The lowest BCUT2D eigenvalue weighted by atomic mass is 10.1. The topological polar surface area (TPSA) is 55.5 Å². The lowest BCUT2D eigenvalue weighted by Gasteiger charge is -2.12. The highest BCUT2D eigenvalue weighted by atomic mass is 16.1. The van der Waals surface area contributed by atoms with Gasteiger partial charge in [-0.3, -0.25) is 9.59 Å². The van der Waals surface area contributed by atoms with Crippen LogP contribution in [-0.2, 0) is 6.54 Å². The first kappa shape index (κ1) is 14.4. The summed E-state index contributed by atoms with van der Waals surface area (Å²) in [4.78, 5) is 24.7. The molecule has 0 aliphatic rings. The summed E-state index contributed by atoms with van der Waals surface area (Å²) in [6.07, 6.45) is 2.76. The van der Waals surface area contributed by atoms with E-state index in [4.69, 9.17) is 0 Å². The van der Waals surface area contributed by atoms with Crippen LogP contribution < -0.4 is 10.9 Å². The van der Waals surface area contributed by atoms with Gasteiger partial charge in [-0.05, 0) is 43.7 Å². The van der Waals surface area contributed by atoms with Crippen LogP contribution >= 0.6 is 0 Å². The van der Waals surface area contributed by atoms with E-state index in [1.165, 1.54) is 0 Å². The van der Waals surface area contributed by atoms with E-state index in [1.54, 1.807) is 16.7 Å². The van der Waals surface area contributed by atoms with Crippen LogP contribution in [0.2, 0.25) is 0 Å². The quantitative estimate of drug-likeness (QED) is 0.804. The number of aryl methyl sites for hydroxylation is 1. The summed E-state index contributed by atoms with van der Waals surface area (Å²) in [6.45, 7) is 5.16. The van der Waals surface area contributed by atoms with E-state index in [9.17, 15) is 9.59 Å². The van der Waals surface area contributed by atoms with Crippen molar-refractivity contribution in [3.8, 4) is 0 Å². The van der Waals surface area contributed by atoms with Crippen molar-refractivity contribution in [2.45, 2.75) is 26.8 Å². The van der Waals surface area contributed by atoms with Crippen molar-refractivity contribution >= 4 is 22.5 Å². The standard InChI is InChI=1S/C17H19N3O2/c1-3-9-18-16(21)12-7-8-13-15(11-12)19(4-2)17(22)14-6-5-10-20(13)14/h5-8,10-11H,3-4,9H2,1-2H3,(H,18,21). The largest absolute Gasteiger partial charge is 0.352 e. The summed E-state index contributed by atoms with van der Waals surface area (Å²) in [6, 6.07) is 9.17. The molecule has 1 N–H and O–H groups in total. The zero-order chi connectivity index (χ0) is 15.7. The number of rotatable bonds is 4. The van der Waals surface area contributed by atoms with Crippen LogP contribution in [0.1, 0.15) is 30.6 Å². The third-order valence-corrected chi connectivity index (χ3v) is 3.85. The van der Waals surface area contributed by atoms with Crippen molar-refractivity contribution in [2.24, 2.45) is 0 Å². The highest BCUT2D eigenvalue weighted by Crippen LogP contribution is 2.17. The third-order valence-electron chi connectivity index (χ3n) is 3.85. The van der Waals surface area contributed by atoms with Crippen LogP contribution in [0.4, 0.5) is 0 Å². The Kier molecular flexibility index (Phi) is 3.71. The molecule has 0 aliphatic carbocycles. The summed E-state index contributed by atoms with van der Waals surface area (Å²) < 4.78 is 3.58. The molecular formula is C17H19N3O2. The molecule has 5 heteroatoms. The number of carbonyl (C=O) groups excluding carboxylic acids is 1. The van der Waals surface area contributed by atoms with E-state index in [0.717, 1.165) is 17.5 Å². The maximum absolute atomic E-state index is 12.5. The van der Waals surface area contributed by atoms with Crippen LogP contribution in [0.15, 0.2) is 41.3 Å². The zero-order valence-electron chi connectivity index (χ0n) is 12.8. The Morgan fingerprint density at radius 1 is 1.14 bits per heavy atom. The number of benzene rings is 1. The smallest absolute Gasteiger partial charge is 0.275 e. The molecule has 0 saturated heterocycles. The summed E-state index contributed by atoms with van der Waals surface area (Å²) >= 11 is 0. The van der Waals surface area contributed by atoms with E-state index in [0.29, 0.717) is 24.2 Å². The monoisotopic (exact) mass is 297 g/mol. The zero-order valence-corrected chi connectivity index (χ0v) is 12.8. The molecule has 1 amide bonds. The maximum atomic E-state index is 12.5. The number of hydrogen-bond acceptors (Lipinski definition) is 2. The molecule has 5 nitrogen and oxygen atoms in total. The second kappa shape index (κ2) is 5.67. The average molecular weight is 297 g/mol. The SMILES string of the molecule is CCCNC(=O)c1ccc2c(c1)n(CC)c(=O)c1cccn12. The Morgan fingerprint density at radius 3 is 2.68 bits per heavy atom. The molecule has 0 saturated carbocycles. The van der Waals surface area contributed by atoms with Gasteiger partial charge in [-0.15, -0.1) is 0 Å². The molecule has 22 heavy (non-hydrogen) atoms. The molecule has 0 spiro atoms. The predicted octanol–water partition coefficient (Wildman–Crippen LogP) is 2.41. The van der Waals surface area contributed by atoms with Crippen molar-refractivity contribution in [1.82, 2.24) is 14.3 Å². The van der Waals surface area contributed by atoms with Crippen molar-refractivity contribution in [3.05, 3.63) is 52.4 Å². The number of fused-ring (bicyclic) bond motifs is 3. The average Bonchev–Trinajstić information content (AvgIpc) is 3.02. The molecule has 3 rings (SSSR count). The second-order valence-corrected chi connectivity index (χ2v) is 5.27. The fourth-order valence-electron chi connectivity index (χ4n) is 2.75. The number of carbonyl (C=O) groups is 1. The van der Waals surface area contributed by atoms with Crippen molar-refractivity contribution in [3.63, 3.8) is 0 Å². The van der Waals surface area contributed by atoms with E-state index < -0.39 is 0 Å². The fourth-order valence-corrected chi connectivity index (χ4v) is 2.75. The van der Waals surface area contributed by atoms with Gasteiger partial charge >= 0.3 is 0 Å². The van der Waals surface area contributed by atoms with Gasteiger partial charge in [0, 0.05) is 24.8 Å². The van der Waals surface area contributed by atoms with Crippen LogP contribution in [0.5, 0.6) is 0 Å². The van der Waals surface area contributed by atoms with Gasteiger partial charge in [-0.1, -0.05) is 6.92 Å². The van der Waals surface area contributed by atoms with Crippen LogP contribution in [-0.4, -0.2) is 21.4 Å². The Labute approximate surface area is 128 Å². The molecule has 3 aromatic rings. The molecule has 0 bridgehead atoms. The number of nitrogens with one attached hydrogen (secondary N) is 1. The second-order valence-electron chi connectivity index (χ2n) is 5.27. The molecule has 2 aromatic heterocycles. The lowest BCUT2D eigenvalue weighted by Crippen LogP contribution is -2.25. The van der Waals surface area contributed by atoms with Gasteiger partial charge in [0.2, 0.25) is 0 Å². The molecule has 0 aliphatic heterocycles. The van der Waals surface area contributed by atoms with Crippen LogP contribution in [0.25, 0.3) is 16.6 Å². The minimum absolute atomic E-state index is 0.0360.